The third-order valence-electron chi connectivity index (χ3n) is 14.3. The fraction of sp³-hybridized carbons (Fsp3) is 0.0794. The van der Waals surface area contributed by atoms with Gasteiger partial charge in [0.25, 0.3) is 0 Å². The predicted molar refractivity (Wildman–Crippen MR) is 271 cm³/mol. The quantitative estimate of drug-likeness (QED) is 0.142. The number of hydrogen-bond donors (Lipinski definition) is 0. The molecule has 0 saturated heterocycles. The Hall–Kier alpha value is -8.14. The highest BCUT2D eigenvalue weighted by Gasteiger charge is 2.52. The fourth-order valence-corrected chi connectivity index (χ4v) is 11.0. The van der Waals surface area contributed by atoms with Gasteiger partial charge in [-0.2, -0.15) is 0 Å². The first-order chi connectivity index (χ1) is 32.5. The van der Waals surface area contributed by atoms with Crippen LogP contribution in [-0.2, 0) is 10.8 Å². The average molecular weight is 850 g/mol. The lowest BCUT2D eigenvalue weighted by Crippen LogP contribution is -2.25. The number of rotatable bonds is 8. The number of fused-ring (bicyclic) bond motifs is 12. The Labute approximate surface area is 387 Å². The van der Waals surface area contributed by atoms with E-state index in [-0.39, 0.29) is 5.41 Å². The molecule has 1 aliphatic heterocycles. The van der Waals surface area contributed by atoms with Crippen LogP contribution in [-0.4, -0.2) is 0 Å². The monoisotopic (exact) mass is 849 g/mol. The van der Waals surface area contributed by atoms with Crippen molar-refractivity contribution < 1.29 is 9.47 Å². The molecule has 0 saturated carbocycles. The van der Waals surface area contributed by atoms with Crippen molar-refractivity contribution in [3.05, 3.63) is 270 Å². The Morgan fingerprint density at radius 2 is 1.03 bits per heavy atom. The summed E-state index contributed by atoms with van der Waals surface area (Å²) >= 11 is 0. The summed E-state index contributed by atoms with van der Waals surface area (Å²) in [5.41, 5.74) is 18.2. The Kier molecular flexibility index (Phi) is 9.29. The minimum Gasteiger partial charge on any atom is -0.449 e. The lowest BCUT2D eigenvalue weighted by molar-refractivity contribution is 0.360. The molecule has 0 bridgehead atoms. The summed E-state index contributed by atoms with van der Waals surface area (Å²) in [4.78, 5) is 2.27. The van der Waals surface area contributed by atoms with Crippen LogP contribution in [0.3, 0.4) is 0 Å². The summed E-state index contributed by atoms with van der Waals surface area (Å²) in [6.45, 7) is 6.63. The number of ether oxygens (including phenoxy) is 2. The topological polar surface area (TPSA) is 21.7 Å². The van der Waals surface area contributed by atoms with E-state index in [2.05, 4.69) is 250 Å². The van der Waals surface area contributed by atoms with E-state index in [1.165, 1.54) is 61.2 Å². The van der Waals surface area contributed by atoms with Crippen molar-refractivity contribution in [2.45, 2.75) is 31.6 Å². The molecule has 2 aliphatic carbocycles. The van der Waals surface area contributed by atoms with Gasteiger partial charge in [0.05, 0.1) is 11.1 Å². The first-order valence-corrected chi connectivity index (χ1v) is 22.9. The molecule has 316 valence electrons. The maximum absolute atomic E-state index is 7.18. The van der Waals surface area contributed by atoms with Crippen LogP contribution >= 0.6 is 0 Å². The number of benzene rings is 9. The lowest BCUT2D eigenvalue weighted by atomic mass is 9.70. The minimum absolute atomic E-state index is 0.315. The van der Waals surface area contributed by atoms with Gasteiger partial charge in [0, 0.05) is 16.8 Å². The molecule has 1 spiro atoms. The molecule has 3 heteroatoms. The second-order valence-corrected chi connectivity index (χ2v) is 17.7. The van der Waals surface area contributed by atoms with E-state index in [1.54, 1.807) is 0 Å². The van der Waals surface area contributed by atoms with Gasteiger partial charge in [-0.05, 0) is 142 Å². The second kappa shape index (κ2) is 15.5. The van der Waals surface area contributed by atoms with Gasteiger partial charge >= 0.3 is 0 Å². The van der Waals surface area contributed by atoms with Gasteiger partial charge in [0.15, 0.2) is 23.0 Å². The normalized spacial score (nSPS) is 14.5. The van der Waals surface area contributed by atoms with Gasteiger partial charge in [-0.3, -0.25) is 0 Å². The molecular formula is C63H47NO2. The van der Waals surface area contributed by atoms with Crippen molar-refractivity contribution in [1.29, 1.82) is 0 Å². The molecule has 1 unspecified atom stereocenters. The summed E-state index contributed by atoms with van der Waals surface area (Å²) in [7, 11) is 0. The second-order valence-electron chi connectivity index (χ2n) is 17.7. The predicted octanol–water partition coefficient (Wildman–Crippen LogP) is 16.9. The third-order valence-corrected chi connectivity index (χ3v) is 14.3. The van der Waals surface area contributed by atoms with Crippen molar-refractivity contribution in [3.63, 3.8) is 0 Å². The largest absolute Gasteiger partial charge is 0.449 e. The maximum Gasteiger partial charge on any atom is 0.194 e. The Balaban J connectivity index is 0.947. The molecule has 1 heterocycles. The summed E-state index contributed by atoms with van der Waals surface area (Å²) in [6, 6.07) is 76.5. The Morgan fingerprint density at radius 3 is 1.70 bits per heavy atom. The molecule has 3 nitrogen and oxygen atoms in total. The van der Waals surface area contributed by atoms with E-state index in [9.17, 15) is 0 Å². The first kappa shape index (κ1) is 39.5. The molecular weight excluding hydrogens is 803 g/mol. The van der Waals surface area contributed by atoms with E-state index in [4.69, 9.17) is 9.47 Å². The van der Waals surface area contributed by atoms with Crippen molar-refractivity contribution in [2.75, 3.05) is 4.90 Å². The van der Waals surface area contributed by atoms with Crippen molar-refractivity contribution in [1.82, 2.24) is 0 Å². The fourth-order valence-electron chi connectivity index (χ4n) is 11.0. The van der Waals surface area contributed by atoms with E-state index in [0.717, 1.165) is 28.2 Å². The van der Waals surface area contributed by atoms with Crippen LogP contribution in [0.1, 0.15) is 54.2 Å². The molecule has 0 aromatic heterocycles. The van der Waals surface area contributed by atoms with Crippen LogP contribution < -0.4 is 14.4 Å². The summed E-state index contributed by atoms with van der Waals surface area (Å²) in [5.74, 6) is 2.75. The summed E-state index contributed by atoms with van der Waals surface area (Å²) < 4.78 is 14.1. The molecule has 66 heavy (non-hydrogen) atoms. The average Bonchev–Trinajstić information content (AvgIpc) is 3.84. The van der Waals surface area contributed by atoms with E-state index in [0.29, 0.717) is 23.0 Å². The zero-order valence-corrected chi connectivity index (χ0v) is 37.2. The van der Waals surface area contributed by atoms with Gasteiger partial charge < -0.3 is 14.4 Å². The minimum atomic E-state index is -0.489. The molecule has 9 aromatic rings. The maximum atomic E-state index is 7.18. The molecule has 9 aromatic carbocycles. The highest BCUT2D eigenvalue weighted by Crippen LogP contribution is 2.65. The zero-order chi connectivity index (χ0) is 44.4. The number of para-hydroxylation sites is 2. The van der Waals surface area contributed by atoms with Crippen LogP contribution in [0, 0.1) is 0 Å². The van der Waals surface area contributed by atoms with Crippen LogP contribution in [0.25, 0.3) is 33.4 Å². The van der Waals surface area contributed by atoms with Gasteiger partial charge in [0.1, 0.15) is 0 Å². The van der Waals surface area contributed by atoms with E-state index < -0.39 is 5.41 Å². The molecule has 12 rings (SSSR count). The number of anilines is 3. The SMILES string of the molecule is C/C=C\C=C(/C)C(C)(c1ccccc1)c1cccc(-c2ccc(N(c3ccccc3)c3cccc4c3Oc3cc5c(cc3O4)-c3ccccc3C53c4ccccc4-c4ccccc43)cc2)c1. The highest BCUT2D eigenvalue weighted by molar-refractivity contribution is 5.96. The van der Waals surface area contributed by atoms with Crippen LogP contribution in [0.15, 0.2) is 236 Å². The van der Waals surface area contributed by atoms with Crippen molar-refractivity contribution in [2.24, 2.45) is 0 Å². The first-order valence-electron chi connectivity index (χ1n) is 22.9. The van der Waals surface area contributed by atoms with E-state index in [1.807, 2.05) is 6.07 Å². The summed E-state index contributed by atoms with van der Waals surface area (Å²) in [6.07, 6.45) is 6.45. The van der Waals surface area contributed by atoms with Crippen molar-refractivity contribution >= 4 is 17.1 Å². The Morgan fingerprint density at radius 1 is 0.470 bits per heavy atom. The van der Waals surface area contributed by atoms with E-state index >= 15 is 0 Å². The smallest absolute Gasteiger partial charge is 0.194 e. The molecule has 0 radical (unpaired) electrons. The molecule has 0 N–H and O–H groups in total. The van der Waals surface area contributed by atoms with Gasteiger partial charge in [-0.1, -0.05) is 182 Å². The van der Waals surface area contributed by atoms with Crippen molar-refractivity contribution in [3.8, 4) is 56.4 Å². The number of nitrogens with zero attached hydrogens (tertiary/aromatic N) is 1. The Bertz CT molecular complexity index is 3360. The molecule has 0 amide bonds. The lowest BCUT2D eigenvalue weighted by Gasteiger charge is -2.33. The number of hydrogen-bond acceptors (Lipinski definition) is 3. The van der Waals surface area contributed by atoms with Crippen LogP contribution in [0.5, 0.6) is 23.0 Å². The third kappa shape index (κ3) is 5.90. The number of allylic oxidation sites excluding steroid dienone is 4. The molecule has 3 aliphatic rings. The highest BCUT2D eigenvalue weighted by atomic mass is 16.6. The van der Waals surface area contributed by atoms with Gasteiger partial charge in [-0.25, -0.2) is 0 Å². The summed E-state index contributed by atoms with van der Waals surface area (Å²) in [5, 5.41) is 0. The zero-order valence-electron chi connectivity index (χ0n) is 37.2. The molecule has 1 atom stereocenters. The van der Waals surface area contributed by atoms with Gasteiger partial charge in [0.2, 0.25) is 0 Å². The molecule has 0 fully saturated rings. The van der Waals surface area contributed by atoms with Crippen LogP contribution in [0.4, 0.5) is 17.1 Å². The van der Waals surface area contributed by atoms with Gasteiger partial charge in [-0.15, -0.1) is 0 Å². The standard InChI is InChI=1S/C63H47NO2/c1-4-5-20-42(2)62(3,45-22-8-6-9-23-45)46-24-18-21-44(39-46)43-35-37-48(38-36-43)64(47-25-10-7-11-26-47)57-33-19-34-58-61(57)66-60-41-56-52(40-59(60)65-58)51-29-14-17-32-55(51)63(56)53-30-15-12-27-49(53)50-28-13-16-31-54(50)63/h4-41H,1-3H3/b5-4-,42-20+. The van der Waals surface area contributed by atoms with Crippen LogP contribution in [0.2, 0.25) is 0 Å².